The van der Waals surface area contributed by atoms with Gasteiger partial charge in [0.05, 0.1) is 26.1 Å². The molecule has 1 aliphatic heterocycles. The third-order valence-electron chi connectivity index (χ3n) is 6.00. The van der Waals surface area contributed by atoms with E-state index in [1.54, 1.807) is 6.07 Å². The molecule has 1 aliphatic carbocycles. The lowest BCUT2D eigenvalue weighted by atomic mass is 9.96. The van der Waals surface area contributed by atoms with Gasteiger partial charge in [0.2, 0.25) is 0 Å². The van der Waals surface area contributed by atoms with Gasteiger partial charge >= 0.3 is 5.97 Å². The van der Waals surface area contributed by atoms with Gasteiger partial charge < -0.3 is 10.4 Å². The van der Waals surface area contributed by atoms with Gasteiger partial charge in [0.15, 0.2) is 9.84 Å². The number of carboxylic acids is 1. The van der Waals surface area contributed by atoms with Crippen LogP contribution in [0.4, 0.5) is 5.69 Å². The highest BCUT2D eigenvalue weighted by Crippen LogP contribution is 2.44. The van der Waals surface area contributed by atoms with E-state index in [0.717, 1.165) is 51.0 Å². The van der Waals surface area contributed by atoms with Gasteiger partial charge in [-0.25, -0.2) is 21.6 Å². The number of hydrogen-bond donors (Lipinski definition) is 3. The standard InChI is InChI=1S/C22H25ClN2O6S2.ClH/c1-32(28,29)21-12-19(16(11-17(21)23)18-4-2-3-9-24-18)25-33(30,31)20-10-14(22(26)27)7-8-15(20)13-5-6-13;/h7-8,10-13,18,24-25H,2-6,9H2,1H3,(H,26,27);1H. The van der Waals surface area contributed by atoms with Gasteiger partial charge in [-0.15, -0.1) is 12.4 Å². The Bertz CT molecular complexity index is 1320. The Morgan fingerprint density at radius 3 is 2.29 bits per heavy atom. The third-order valence-corrected chi connectivity index (χ3v) is 8.98. The summed E-state index contributed by atoms with van der Waals surface area (Å²) in [7, 11) is -7.94. The van der Waals surface area contributed by atoms with Crippen molar-refractivity contribution in [3.8, 4) is 0 Å². The van der Waals surface area contributed by atoms with E-state index in [2.05, 4.69) is 10.0 Å². The van der Waals surface area contributed by atoms with Crippen molar-refractivity contribution in [2.45, 2.75) is 53.9 Å². The Morgan fingerprint density at radius 2 is 1.74 bits per heavy atom. The van der Waals surface area contributed by atoms with Crippen molar-refractivity contribution in [3.05, 3.63) is 52.0 Å². The van der Waals surface area contributed by atoms with E-state index in [-0.39, 0.29) is 50.4 Å². The number of anilines is 1. The van der Waals surface area contributed by atoms with E-state index in [1.165, 1.54) is 18.2 Å². The molecule has 3 N–H and O–H groups in total. The van der Waals surface area contributed by atoms with Crippen molar-refractivity contribution in [2.75, 3.05) is 17.5 Å². The molecule has 4 rings (SSSR count). The monoisotopic (exact) mass is 548 g/mol. The Kier molecular flexibility index (Phi) is 7.89. The van der Waals surface area contributed by atoms with E-state index in [4.69, 9.17) is 11.6 Å². The van der Waals surface area contributed by atoms with Crippen molar-refractivity contribution >= 4 is 55.5 Å². The molecule has 1 atom stereocenters. The SMILES string of the molecule is CS(=O)(=O)c1cc(NS(=O)(=O)c2cc(C(=O)O)ccc2C2CC2)c(C2CCCCN2)cc1Cl.Cl. The summed E-state index contributed by atoms with van der Waals surface area (Å²) in [5.74, 6) is -1.18. The fourth-order valence-electron chi connectivity index (χ4n) is 4.18. The predicted octanol–water partition coefficient (Wildman–Crippen LogP) is 4.36. The first-order valence-corrected chi connectivity index (χ1v) is 14.4. The summed E-state index contributed by atoms with van der Waals surface area (Å²) in [5.41, 5.74) is 1.09. The van der Waals surface area contributed by atoms with Gasteiger partial charge in [-0.05, 0) is 73.5 Å². The van der Waals surface area contributed by atoms with Crippen LogP contribution in [0.5, 0.6) is 0 Å². The number of aromatic carboxylic acids is 1. The molecule has 186 valence electrons. The normalized spacial score (nSPS) is 18.7. The molecular formula is C22H26Cl2N2O6S2. The zero-order valence-corrected chi connectivity index (χ0v) is 21.6. The lowest BCUT2D eigenvalue weighted by Crippen LogP contribution is -2.28. The van der Waals surface area contributed by atoms with E-state index in [0.29, 0.717) is 11.1 Å². The molecule has 1 unspecified atom stereocenters. The van der Waals surface area contributed by atoms with Gasteiger partial charge in [-0.3, -0.25) is 4.72 Å². The van der Waals surface area contributed by atoms with Crippen molar-refractivity contribution < 1.29 is 26.7 Å². The molecule has 0 radical (unpaired) electrons. The molecule has 0 bridgehead atoms. The molecule has 1 saturated heterocycles. The van der Waals surface area contributed by atoms with Gasteiger partial charge in [-0.1, -0.05) is 24.1 Å². The largest absolute Gasteiger partial charge is 0.478 e. The second kappa shape index (κ2) is 10.0. The zero-order valence-electron chi connectivity index (χ0n) is 18.4. The second-order valence-electron chi connectivity index (χ2n) is 8.58. The molecule has 2 aromatic rings. The van der Waals surface area contributed by atoms with Crippen LogP contribution < -0.4 is 10.0 Å². The fourth-order valence-corrected chi connectivity index (χ4v) is 6.92. The van der Waals surface area contributed by atoms with Crippen molar-refractivity contribution in [1.82, 2.24) is 5.32 Å². The maximum absolute atomic E-state index is 13.5. The number of hydrogen-bond acceptors (Lipinski definition) is 6. The van der Waals surface area contributed by atoms with Crippen LogP contribution >= 0.6 is 24.0 Å². The van der Waals surface area contributed by atoms with Crippen LogP contribution in [0.3, 0.4) is 0 Å². The van der Waals surface area contributed by atoms with Crippen molar-refractivity contribution in [2.24, 2.45) is 0 Å². The molecule has 0 amide bonds. The van der Waals surface area contributed by atoms with Crippen LogP contribution in [0.25, 0.3) is 0 Å². The van der Waals surface area contributed by atoms with E-state index < -0.39 is 25.8 Å². The number of benzene rings is 2. The summed E-state index contributed by atoms with van der Waals surface area (Å²) in [6.07, 6.45) is 5.32. The van der Waals surface area contributed by atoms with Crippen LogP contribution in [0, 0.1) is 0 Å². The Morgan fingerprint density at radius 1 is 1.03 bits per heavy atom. The minimum atomic E-state index is -4.22. The summed E-state index contributed by atoms with van der Waals surface area (Å²) in [6, 6.07) is 6.65. The Labute approximate surface area is 210 Å². The fraction of sp³-hybridized carbons (Fsp3) is 0.409. The van der Waals surface area contributed by atoms with E-state index in [1.807, 2.05) is 0 Å². The van der Waals surface area contributed by atoms with Crippen LogP contribution in [-0.4, -0.2) is 40.7 Å². The molecule has 2 aromatic carbocycles. The van der Waals surface area contributed by atoms with E-state index >= 15 is 0 Å². The summed E-state index contributed by atoms with van der Waals surface area (Å²) in [6.45, 7) is 0.745. The first kappa shape index (κ1) is 26.7. The van der Waals surface area contributed by atoms with Gasteiger partial charge in [0, 0.05) is 12.3 Å². The first-order chi connectivity index (χ1) is 15.5. The number of rotatable bonds is 7. The number of piperidine rings is 1. The maximum atomic E-state index is 13.5. The zero-order chi connectivity index (χ0) is 24.0. The molecule has 34 heavy (non-hydrogen) atoms. The molecule has 0 aromatic heterocycles. The average molecular weight is 549 g/mol. The van der Waals surface area contributed by atoms with Crippen LogP contribution in [0.1, 0.15) is 65.5 Å². The van der Waals surface area contributed by atoms with Crippen LogP contribution in [0.15, 0.2) is 40.1 Å². The summed E-state index contributed by atoms with van der Waals surface area (Å²) >= 11 is 6.27. The van der Waals surface area contributed by atoms with Gasteiger partial charge in [0.1, 0.15) is 0 Å². The van der Waals surface area contributed by atoms with E-state index in [9.17, 15) is 26.7 Å². The minimum absolute atomic E-state index is 0. The first-order valence-electron chi connectivity index (χ1n) is 10.6. The average Bonchev–Trinajstić information content (AvgIpc) is 3.59. The number of carboxylic acid groups (broad SMARTS) is 1. The lowest BCUT2D eigenvalue weighted by Gasteiger charge is -2.27. The summed E-state index contributed by atoms with van der Waals surface area (Å²) < 4.78 is 54.1. The van der Waals surface area contributed by atoms with Gasteiger partial charge in [-0.2, -0.15) is 0 Å². The molecule has 1 heterocycles. The number of carbonyl (C=O) groups is 1. The third kappa shape index (κ3) is 5.68. The molecular weight excluding hydrogens is 523 g/mol. The molecule has 12 heteroatoms. The van der Waals surface area contributed by atoms with Crippen LogP contribution in [0.2, 0.25) is 5.02 Å². The minimum Gasteiger partial charge on any atom is -0.478 e. The Hall–Kier alpha value is -1.85. The van der Waals surface area contributed by atoms with Crippen molar-refractivity contribution in [3.63, 3.8) is 0 Å². The van der Waals surface area contributed by atoms with Gasteiger partial charge in [0.25, 0.3) is 10.0 Å². The number of sulfone groups is 1. The summed E-state index contributed by atoms with van der Waals surface area (Å²) in [4.78, 5) is 11.2. The second-order valence-corrected chi connectivity index (χ2v) is 12.6. The molecule has 8 nitrogen and oxygen atoms in total. The van der Waals surface area contributed by atoms with Crippen molar-refractivity contribution in [1.29, 1.82) is 0 Å². The maximum Gasteiger partial charge on any atom is 0.335 e. The summed E-state index contributed by atoms with van der Waals surface area (Å²) in [5, 5.41) is 12.7. The topological polar surface area (TPSA) is 130 Å². The molecule has 1 saturated carbocycles. The highest BCUT2D eigenvalue weighted by molar-refractivity contribution is 7.92. The highest BCUT2D eigenvalue weighted by atomic mass is 35.5. The molecule has 0 spiro atoms. The number of sulfonamides is 1. The number of halogens is 2. The smallest absolute Gasteiger partial charge is 0.335 e. The molecule has 2 fully saturated rings. The lowest BCUT2D eigenvalue weighted by molar-refractivity contribution is 0.0696. The Balaban J connectivity index is 0.00000324. The predicted molar refractivity (Wildman–Crippen MR) is 133 cm³/mol. The van der Waals surface area contributed by atoms with Crippen LogP contribution in [-0.2, 0) is 19.9 Å². The molecule has 2 aliphatic rings. The number of nitrogens with one attached hydrogen (secondary N) is 2. The highest BCUT2D eigenvalue weighted by Gasteiger charge is 2.32. The quantitative estimate of drug-likeness (QED) is 0.468.